The summed E-state index contributed by atoms with van der Waals surface area (Å²) in [5, 5.41) is 8.09. The number of furan rings is 1. The van der Waals surface area contributed by atoms with Crippen molar-refractivity contribution in [1.82, 2.24) is 14.8 Å². The van der Waals surface area contributed by atoms with Crippen LogP contribution in [0.25, 0.3) is 0 Å². The van der Waals surface area contributed by atoms with Crippen LogP contribution >= 0.6 is 11.8 Å². The first-order chi connectivity index (χ1) is 10.0. The van der Waals surface area contributed by atoms with Crippen molar-refractivity contribution in [2.75, 3.05) is 11.6 Å². The van der Waals surface area contributed by atoms with E-state index in [0.29, 0.717) is 28.1 Å². The summed E-state index contributed by atoms with van der Waals surface area (Å²) in [5.74, 6) is 1.43. The van der Waals surface area contributed by atoms with Gasteiger partial charge in [-0.05, 0) is 32.2 Å². The zero-order valence-electron chi connectivity index (χ0n) is 11.9. The molecule has 110 valence electrons. The molecule has 0 spiro atoms. The maximum absolute atomic E-state index is 11.9. The van der Waals surface area contributed by atoms with Crippen LogP contribution in [0.3, 0.4) is 0 Å². The summed E-state index contributed by atoms with van der Waals surface area (Å²) in [6.45, 7) is 3.64. The van der Waals surface area contributed by atoms with Gasteiger partial charge in [-0.25, -0.2) is 4.68 Å². The number of carbonyl (C=O) groups is 1. The molecule has 7 nitrogen and oxygen atoms in total. The van der Waals surface area contributed by atoms with Crippen molar-refractivity contribution in [3.63, 3.8) is 0 Å². The second-order valence-corrected chi connectivity index (χ2v) is 5.52. The first kappa shape index (κ1) is 13.7. The second kappa shape index (κ2) is 4.96. The van der Waals surface area contributed by atoms with Crippen molar-refractivity contribution >= 4 is 23.6 Å². The topological polar surface area (TPSA) is 99.0 Å². The predicted molar refractivity (Wildman–Crippen MR) is 78.9 cm³/mol. The van der Waals surface area contributed by atoms with E-state index in [1.54, 1.807) is 11.6 Å². The molecule has 1 atom stereocenters. The molecule has 1 aliphatic heterocycles. The highest BCUT2D eigenvalue weighted by Crippen LogP contribution is 2.36. The lowest BCUT2D eigenvalue weighted by atomic mass is 10.0. The SMILES string of the molecule is CSc1nc2n(n1)C(c1ccc(C)o1)C(C(N)=O)=C(C)N2. The van der Waals surface area contributed by atoms with E-state index in [1.807, 2.05) is 25.3 Å². The maximum atomic E-state index is 11.9. The Morgan fingerprint density at radius 2 is 2.24 bits per heavy atom. The van der Waals surface area contributed by atoms with Crippen LogP contribution in [0.5, 0.6) is 0 Å². The molecule has 2 aromatic rings. The predicted octanol–water partition coefficient (Wildman–Crippen LogP) is 1.68. The van der Waals surface area contributed by atoms with Crippen molar-refractivity contribution in [2.45, 2.75) is 25.0 Å². The number of hydrogen-bond donors (Lipinski definition) is 2. The minimum atomic E-state index is -0.508. The third kappa shape index (κ3) is 2.21. The lowest BCUT2D eigenvalue weighted by Gasteiger charge is -2.25. The fourth-order valence-electron chi connectivity index (χ4n) is 2.40. The fraction of sp³-hybridized carbons (Fsp3) is 0.308. The highest BCUT2D eigenvalue weighted by molar-refractivity contribution is 7.98. The summed E-state index contributed by atoms with van der Waals surface area (Å²) in [7, 11) is 0. The second-order valence-electron chi connectivity index (χ2n) is 4.75. The monoisotopic (exact) mass is 305 g/mol. The molecule has 0 aromatic carbocycles. The number of thioether (sulfide) groups is 1. The van der Waals surface area contributed by atoms with Gasteiger partial charge in [0.05, 0.1) is 5.57 Å². The van der Waals surface area contributed by atoms with Gasteiger partial charge in [-0.15, -0.1) is 5.10 Å². The largest absolute Gasteiger partial charge is 0.464 e. The average Bonchev–Trinajstić information content (AvgIpc) is 3.02. The van der Waals surface area contributed by atoms with E-state index < -0.39 is 11.9 Å². The minimum absolute atomic E-state index is 0.425. The molecule has 3 N–H and O–H groups in total. The Labute approximate surface area is 125 Å². The molecular weight excluding hydrogens is 290 g/mol. The Hall–Kier alpha value is -2.22. The standard InChI is InChI=1S/C13H15N5O2S/c1-6-4-5-8(20-6)10-9(11(14)19)7(2)15-12-16-13(21-3)17-18(10)12/h4-5,10H,1-3H3,(H2,14,19)(H,15,16,17). The van der Waals surface area contributed by atoms with Crippen molar-refractivity contribution in [3.05, 3.63) is 34.9 Å². The van der Waals surface area contributed by atoms with Crippen molar-refractivity contribution in [2.24, 2.45) is 5.73 Å². The van der Waals surface area contributed by atoms with Crippen LogP contribution in [-0.2, 0) is 4.79 Å². The van der Waals surface area contributed by atoms with Crippen LogP contribution in [-0.4, -0.2) is 26.9 Å². The summed E-state index contributed by atoms with van der Waals surface area (Å²) < 4.78 is 7.32. The van der Waals surface area contributed by atoms with Gasteiger partial charge in [-0.1, -0.05) is 11.8 Å². The molecule has 1 aliphatic rings. The number of nitrogens with one attached hydrogen (secondary N) is 1. The van der Waals surface area contributed by atoms with E-state index in [2.05, 4.69) is 15.4 Å². The zero-order valence-corrected chi connectivity index (χ0v) is 12.7. The zero-order chi connectivity index (χ0) is 15.1. The number of rotatable bonds is 3. The highest BCUT2D eigenvalue weighted by atomic mass is 32.2. The van der Waals surface area contributed by atoms with Gasteiger partial charge >= 0.3 is 0 Å². The van der Waals surface area contributed by atoms with Crippen LogP contribution in [0.15, 0.2) is 33.0 Å². The summed E-state index contributed by atoms with van der Waals surface area (Å²) in [5.41, 5.74) is 6.63. The van der Waals surface area contributed by atoms with E-state index in [1.165, 1.54) is 11.8 Å². The number of aromatic nitrogens is 3. The van der Waals surface area contributed by atoms with Crippen molar-refractivity contribution in [3.8, 4) is 0 Å². The van der Waals surface area contributed by atoms with Gasteiger partial charge in [-0.2, -0.15) is 4.98 Å². The molecule has 0 saturated heterocycles. The number of carbonyl (C=O) groups excluding carboxylic acids is 1. The minimum Gasteiger partial charge on any atom is -0.464 e. The molecule has 3 heterocycles. The first-order valence-corrected chi connectivity index (χ1v) is 7.58. The van der Waals surface area contributed by atoms with Gasteiger partial charge in [0.1, 0.15) is 17.6 Å². The number of fused-ring (bicyclic) bond motifs is 1. The number of nitrogens with two attached hydrogens (primary N) is 1. The summed E-state index contributed by atoms with van der Waals surface area (Å²) in [4.78, 5) is 16.2. The lowest BCUT2D eigenvalue weighted by Crippen LogP contribution is -2.31. The quantitative estimate of drug-likeness (QED) is 0.837. The number of primary amides is 1. The van der Waals surface area contributed by atoms with Gasteiger partial charge < -0.3 is 15.5 Å². The molecule has 0 bridgehead atoms. The van der Waals surface area contributed by atoms with Gasteiger partial charge in [0.2, 0.25) is 17.0 Å². The molecular formula is C13H15N5O2S. The Morgan fingerprint density at radius 1 is 1.48 bits per heavy atom. The van der Waals surface area contributed by atoms with E-state index in [-0.39, 0.29) is 0 Å². The van der Waals surface area contributed by atoms with Crippen molar-refractivity contribution in [1.29, 1.82) is 0 Å². The Morgan fingerprint density at radius 3 is 2.81 bits per heavy atom. The fourth-order valence-corrected chi connectivity index (χ4v) is 2.75. The van der Waals surface area contributed by atoms with E-state index in [4.69, 9.17) is 10.2 Å². The molecule has 3 rings (SSSR count). The molecule has 0 radical (unpaired) electrons. The molecule has 1 amide bonds. The summed E-state index contributed by atoms with van der Waals surface area (Å²) in [6.07, 6.45) is 1.89. The van der Waals surface area contributed by atoms with Gasteiger partial charge in [0.25, 0.3) is 0 Å². The average molecular weight is 305 g/mol. The van der Waals surface area contributed by atoms with Crippen molar-refractivity contribution < 1.29 is 9.21 Å². The Bertz CT molecular complexity index is 746. The number of allylic oxidation sites excluding steroid dienone is 1. The number of nitrogens with zero attached hydrogens (tertiary/aromatic N) is 3. The smallest absolute Gasteiger partial charge is 0.249 e. The summed E-state index contributed by atoms with van der Waals surface area (Å²) >= 11 is 1.43. The Kier molecular flexibility index (Phi) is 3.25. The molecule has 0 fully saturated rings. The van der Waals surface area contributed by atoms with Crippen LogP contribution < -0.4 is 11.1 Å². The lowest BCUT2D eigenvalue weighted by molar-refractivity contribution is -0.115. The number of hydrogen-bond acceptors (Lipinski definition) is 6. The number of amides is 1. The maximum Gasteiger partial charge on any atom is 0.249 e. The number of anilines is 1. The third-order valence-corrected chi connectivity index (χ3v) is 3.85. The molecule has 8 heteroatoms. The summed E-state index contributed by atoms with van der Waals surface area (Å²) in [6, 6.07) is 3.17. The van der Waals surface area contributed by atoms with Crippen LogP contribution in [0, 0.1) is 6.92 Å². The van der Waals surface area contributed by atoms with Crippen LogP contribution in [0.4, 0.5) is 5.95 Å². The van der Waals surface area contributed by atoms with Crippen LogP contribution in [0.1, 0.15) is 24.5 Å². The molecule has 0 aliphatic carbocycles. The van der Waals surface area contributed by atoms with E-state index in [0.717, 1.165) is 5.76 Å². The molecule has 21 heavy (non-hydrogen) atoms. The first-order valence-electron chi connectivity index (χ1n) is 6.35. The molecule has 2 aromatic heterocycles. The van der Waals surface area contributed by atoms with E-state index >= 15 is 0 Å². The van der Waals surface area contributed by atoms with Crippen LogP contribution in [0.2, 0.25) is 0 Å². The highest BCUT2D eigenvalue weighted by Gasteiger charge is 2.35. The molecule has 0 saturated carbocycles. The number of aryl methyl sites for hydroxylation is 1. The van der Waals surface area contributed by atoms with E-state index in [9.17, 15) is 4.79 Å². The van der Waals surface area contributed by atoms with Gasteiger partial charge in [-0.3, -0.25) is 4.79 Å². The Balaban J connectivity index is 2.20. The third-order valence-electron chi connectivity index (χ3n) is 3.31. The van der Waals surface area contributed by atoms with Gasteiger partial charge in [0.15, 0.2) is 0 Å². The normalized spacial score (nSPS) is 17.6. The van der Waals surface area contributed by atoms with Gasteiger partial charge in [0, 0.05) is 5.70 Å². The molecule has 1 unspecified atom stereocenters.